The number of nitrogens with one attached hydrogen (secondary N) is 1. The van der Waals surface area contributed by atoms with E-state index in [-0.39, 0.29) is 5.91 Å². The molecule has 1 aromatic carbocycles. The lowest BCUT2D eigenvalue weighted by molar-refractivity contribution is -0.115. The lowest BCUT2D eigenvalue weighted by Gasteiger charge is -2.10. The first-order chi connectivity index (χ1) is 6.91. The van der Waals surface area contributed by atoms with Gasteiger partial charge in [0.05, 0.1) is 10.7 Å². The predicted molar refractivity (Wildman–Crippen MR) is 65.1 cm³/mol. The van der Waals surface area contributed by atoms with Gasteiger partial charge in [0, 0.05) is 5.02 Å². The van der Waals surface area contributed by atoms with Crippen molar-refractivity contribution in [3.8, 4) is 0 Å². The highest BCUT2D eigenvalue weighted by Gasteiger charge is 2.12. The van der Waals surface area contributed by atoms with Gasteiger partial charge in [-0.1, -0.05) is 23.2 Å². The number of alkyl halides is 1. The third-order valence-corrected chi connectivity index (χ3v) is 2.79. The quantitative estimate of drug-likeness (QED) is 0.809. The third kappa shape index (κ3) is 3.26. The van der Waals surface area contributed by atoms with Crippen molar-refractivity contribution in [1.82, 2.24) is 0 Å². The van der Waals surface area contributed by atoms with E-state index in [0.717, 1.165) is 5.56 Å². The van der Waals surface area contributed by atoms with Crippen molar-refractivity contribution in [1.29, 1.82) is 0 Å². The van der Waals surface area contributed by atoms with Gasteiger partial charge in [-0.2, -0.15) is 0 Å². The first kappa shape index (κ1) is 12.6. The zero-order valence-corrected chi connectivity index (χ0v) is 10.5. The Morgan fingerprint density at radius 3 is 2.47 bits per heavy atom. The molecule has 0 saturated carbocycles. The molecule has 2 nitrogen and oxygen atoms in total. The van der Waals surface area contributed by atoms with Crippen LogP contribution < -0.4 is 5.32 Å². The lowest BCUT2D eigenvalue weighted by Crippen LogP contribution is -2.20. The third-order valence-electron chi connectivity index (χ3n) is 1.87. The molecule has 82 valence electrons. The monoisotopic (exact) mass is 265 g/mol. The van der Waals surface area contributed by atoms with Gasteiger partial charge in [-0.3, -0.25) is 4.79 Å². The highest BCUT2D eigenvalue weighted by molar-refractivity contribution is 6.37. The first-order valence-electron chi connectivity index (χ1n) is 4.32. The predicted octanol–water partition coefficient (Wildman–Crippen LogP) is 3.87. The molecule has 1 rings (SSSR count). The van der Waals surface area contributed by atoms with Crippen LogP contribution in [0, 0.1) is 6.92 Å². The number of benzene rings is 1. The molecule has 1 atom stereocenters. The molecule has 15 heavy (non-hydrogen) atoms. The average Bonchev–Trinajstić information content (AvgIpc) is 2.13. The molecule has 0 aromatic heterocycles. The molecule has 0 spiro atoms. The van der Waals surface area contributed by atoms with Crippen molar-refractivity contribution in [2.24, 2.45) is 0 Å². The van der Waals surface area contributed by atoms with Crippen molar-refractivity contribution >= 4 is 46.4 Å². The second-order valence-corrected chi connectivity index (χ2v) is 4.66. The molecule has 0 aliphatic heterocycles. The largest absolute Gasteiger partial charge is 0.323 e. The van der Waals surface area contributed by atoms with Crippen LogP contribution in [0.25, 0.3) is 0 Å². The van der Waals surface area contributed by atoms with Gasteiger partial charge >= 0.3 is 0 Å². The van der Waals surface area contributed by atoms with Crippen LogP contribution in [0.1, 0.15) is 12.5 Å². The Morgan fingerprint density at radius 1 is 1.33 bits per heavy atom. The van der Waals surface area contributed by atoms with E-state index in [1.54, 1.807) is 19.1 Å². The van der Waals surface area contributed by atoms with Gasteiger partial charge in [0.2, 0.25) is 5.91 Å². The number of aryl methyl sites for hydroxylation is 1. The average molecular weight is 267 g/mol. The van der Waals surface area contributed by atoms with Crippen molar-refractivity contribution in [3.05, 3.63) is 27.7 Å². The molecule has 0 aliphatic carbocycles. The van der Waals surface area contributed by atoms with Crippen LogP contribution >= 0.6 is 34.8 Å². The Labute approximate surface area is 104 Å². The van der Waals surface area contributed by atoms with Gasteiger partial charge in [0.25, 0.3) is 0 Å². The molecular formula is C10H10Cl3NO. The number of amides is 1. The van der Waals surface area contributed by atoms with E-state index in [1.165, 1.54) is 0 Å². The summed E-state index contributed by atoms with van der Waals surface area (Å²) in [5.41, 5.74) is 1.34. The molecule has 0 bridgehead atoms. The molecular weight excluding hydrogens is 256 g/mol. The zero-order chi connectivity index (χ0) is 11.6. The van der Waals surface area contributed by atoms with E-state index in [2.05, 4.69) is 5.32 Å². The second kappa shape index (κ2) is 5.06. The molecule has 0 fully saturated rings. The topological polar surface area (TPSA) is 29.1 Å². The zero-order valence-electron chi connectivity index (χ0n) is 8.27. The molecule has 0 heterocycles. The molecule has 5 heteroatoms. The Balaban J connectivity index is 2.96. The maximum atomic E-state index is 11.3. The van der Waals surface area contributed by atoms with E-state index >= 15 is 0 Å². The minimum Gasteiger partial charge on any atom is -0.323 e. The minimum atomic E-state index is -0.610. The molecule has 1 amide bonds. The molecule has 1 unspecified atom stereocenters. The fourth-order valence-corrected chi connectivity index (χ4v) is 1.46. The summed E-state index contributed by atoms with van der Waals surface area (Å²) in [6.45, 7) is 3.42. The van der Waals surface area contributed by atoms with Crippen LogP contribution in [-0.2, 0) is 4.79 Å². The highest BCUT2D eigenvalue weighted by atomic mass is 35.5. The van der Waals surface area contributed by atoms with Crippen LogP contribution in [0.4, 0.5) is 5.69 Å². The fraction of sp³-hybridized carbons (Fsp3) is 0.300. The van der Waals surface area contributed by atoms with Crippen LogP contribution in [0.5, 0.6) is 0 Å². The first-order valence-corrected chi connectivity index (χ1v) is 5.51. The SMILES string of the molecule is Cc1cc(Cl)c(NC(=O)C(C)Cl)cc1Cl. The van der Waals surface area contributed by atoms with E-state index < -0.39 is 5.38 Å². The second-order valence-electron chi connectivity index (χ2n) is 3.19. The van der Waals surface area contributed by atoms with E-state index in [0.29, 0.717) is 15.7 Å². The Hall–Kier alpha value is -0.440. The van der Waals surface area contributed by atoms with Crippen LogP contribution in [0.15, 0.2) is 12.1 Å². The number of anilines is 1. The highest BCUT2D eigenvalue weighted by Crippen LogP contribution is 2.28. The van der Waals surface area contributed by atoms with Gasteiger partial charge < -0.3 is 5.32 Å². The van der Waals surface area contributed by atoms with Crippen LogP contribution in [-0.4, -0.2) is 11.3 Å². The molecule has 0 radical (unpaired) electrons. The molecule has 0 saturated heterocycles. The number of rotatable bonds is 2. The Morgan fingerprint density at radius 2 is 1.93 bits per heavy atom. The Kier molecular flexibility index (Phi) is 4.26. The van der Waals surface area contributed by atoms with Crippen molar-refractivity contribution < 1.29 is 4.79 Å². The number of carbonyl (C=O) groups is 1. The summed E-state index contributed by atoms with van der Waals surface area (Å²) in [5.74, 6) is -0.307. The van der Waals surface area contributed by atoms with E-state index in [9.17, 15) is 4.79 Å². The summed E-state index contributed by atoms with van der Waals surface area (Å²) in [6.07, 6.45) is 0. The smallest absolute Gasteiger partial charge is 0.242 e. The minimum absolute atomic E-state index is 0.307. The molecule has 1 aromatic rings. The summed E-state index contributed by atoms with van der Waals surface area (Å²) < 4.78 is 0. The number of hydrogen-bond donors (Lipinski definition) is 1. The number of carbonyl (C=O) groups excluding carboxylic acids is 1. The summed E-state index contributed by atoms with van der Waals surface area (Å²) in [4.78, 5) is 11.3. The van der Waals surface area contributed by atoms with Gasteiger partial charge in [0.1, 0.15) is 5.38 Å². The van der Waals surface area contributed by atoms with Crippen molar-refractivity contribution in [2.45, 2.75) is 19.2 Å². The maximum absolute atomic E-state index is 11.3. The maximum Gasteiger partial charge on any atom is 0.242 e. The molecule has 0 aliphatic rings. The Bertz CT molecular complexity index is 390. The standard InChI is InChI=1S/C10H10Cl3NO/c1-5-3-8(13)9(4-7(5)12)14-10(15)6(2)11/h3-4,6H,1-2H3,(H,14,15). The van der Waals surface area contributed by atoms with Crippen LogP contribution in [0.3, 0.4) is 0 Å². The number of halogens is 3. The van der Waals surface area contributed by atoms with Crippen molar-refractivity contribution in [3.63, 3.8) is 0 Å². The van der Waals surface area contributed by atoms with Crippen molar-refractivity contribution in [2.75, 3.05) is 5.32 Å². The van der Waals surface area contributed by atoms with E-state index in [1.807, 2.05) is 6.92 Å². The van der Waals surface area contributed by atoms with Gasteiger partial charge in [-0.05, 0) is 31.5 Å². The fourth-order valence-electron chi connectivity index (χ4n) is 0.974. The van der Waals surface area contributed by atoms with E-state index in [4.69, 9.17) is 34.8 Å². The summed E-state index contributed by atoms with van der Waals surface area (Å²) >= 11 is 17.5. The normalized spacial score (nSPS) is 12.3. The van der Waals surface area contributed by atoms with Gasteiger partial charge in [-0.25, -0.2) is 0 Å². The summed E-state index contributed by atoms with van der Waals surface area (Å²) in [5, 5.41) is 2.98. The summed E-state index contributed by atoms with van der Waals surface area (Å²) in [6, 6.07) is 3.30. The van der Waals surface area contributed by atoms with Crippen LogP contribution in [0.2, 0.25) is 10.0 Å². The molecule has 1 N–H and O–H groups in total. The summed E-state index contributed by atoms with van der Waals surface area (Å²) in [7, 11) is 0. The van der Waals surface area contributed by atoms with Gasteiger partial charge in [-0.15, -0.1) is 11.6 Å². The van der Waals surface area contributed by atoms with Gasteiger partial charge in [0.15, 0.2) is 0 Å². The lowest BCUT2D eigenvalue weighted by atomic mass is 10.2. The number of hydrogen-bond acceptors (Lipinski definition) is 1.